The molecule has 6 heteroatoms. The van der Waals surface area contributed by atoms with Crippen molar-refractivity contribution in [3.8, 4) is 11.6 Å². The van der Waals surface area contributed by atoms with Crippen LogP contribution in [0.2, 0.25) is 0 Å². The molecule has 0 unspecified atom stereocenters. The number of ether oxygens (including phenoxy) is 2. The molecule has 0 aliphatic carbocycles. The van der Waals surface area contributed by atoms with Crippen molar-refractivity contribution in [3.63, 3.8) is 0 Å². The summed E-state index contributed by atoms with van der Waals surface area (Å²) in [5.41, 5.74) is 7.27. The number of methoxy groups -OCH3 is 1. The summed E-state index contributed by atoms with van der Waals surface area (Å²) in [7, 11) is 1.63. The third-order valence-electron chi connectivity index (χ3n) is 2.76. The largest absolute Gasteiger partial charge is 0.496 e. The van der Waals surface area contributed by atoms with Crippen LogP contribution >= 0.6 is 15.9 Å². The minimum Gasteiger partial charge on any atom is -0.496 e. The van der Waals surface area contributed by atoms with Gasteiger partial charge < -0.3 is 20.5 Å². The van der Waals surface area contributed by atoms with Crippen LogP contribution in [0, 0.1) is 0 Å². The Balaban J connectivity index is 2.17. The first-order valence-corrected chi connectivity index (χ1v) is 7.43. The quantitative estimate of drug-likeness (QED) is 0.823. The van der Waals surface area contributed by atoms with E-state index in [2.05, 4.69) is 26.2 Å². The van der Waals surface area contributed by atoms with Crippen molar-refractivity contribution >= 4 is 33.1 Å². The fourth-order valence-corrected chi connectivity index (χ4v) is 2.27. The second kappa shape index (κ2) is 7.17. The summed E-state index contributed by atoms with van der Waals surface area (Å²) in [6, 6.07) is 9.29. The number of anilines is 3. The number of nitrogens with two attached hydrogens (primary N) is 1. The van der Waals surface area contributed by atoms with Gasteiger partial charge in [0.15, 0.2) is 0 Å². The van der Waals surface area contributed by atoms with Crippen molar-refractivity contribution in [2.75, 3.05) is 24.8 Å². The molecule has 0 atom stereocenters. The standard InChI is InChI=1S/C15H18BrN3O2/c1-3-8-21-15-12(17)5-7-14(19-15)18-10-4-6-13(20-2)11(16)9-10/h4-7,9H,3,8,17H2,1-2H3,(H,18,19). The predicted molar refractivity (Wildman–Crippen MR) is 88.4 cm³/mol. The lowest BCUT2D eigenvalue weighted by Gasteiger charge is -2.11. The molecule has 0 aliphatic heterocycles. The monoisotopic (exact) mass is 351 g/mol. The predicted octanol–water partition coefficient (Wildman–Crippen LogP) is 3.97. The molecule has 0 radical (unpaired) electrons. The molecule has 0 spiro atoms. The van der Waals surface area contributed by atoms with E-state index in [9.17, 15) is 0 Å². The lowest BCUT2D eigenvalue weighted by molar-refractivity contribution is 0.307. The summed E-state index contributed by atoms with van der Waals surface area (Å²) in [6.07, 6.45) is 0.907. The van der Waals surface area contributed by atoms with Crippen LogP contribution in [0.4, 0.5) is 17.2 Å². The number of halogens is 1. The van der Waals surface area contributed by atoms with Gasteiger partial charge in [-0.1, -0.05) is 6.92 Å². The lowest BCUT2D eigenvalue weighted by atomic mass is 10.3. The van der Waals surface area contributed by atoms with E-state index in [0.717, 1.165) is 22.3 Å². The number of rotatable bonds is 6. The molecular formula is C15H18BrN3O2. The Morgan fingerprint density at radius 3 is 2.76 bits per heavy atom. The molecule has 1 heterocycles. The maximum absolute atomic E-state index is 5.85. The number of benzene rings is 1. The summed E-state index contributed by atoms with van der Waals surface area (Å²) in [5.74, 6) is 1.90. The Labute approximate surface area is 132 Å². The molecule has 0 saturated carbocycles. The minimum atomic E-state index is 0.453. The van der Waals surface area contributed by atoms with E-state index in [1.165, 1.54) is 0 Å². The number of nitrogens with one attached hydrogen (secondary N) is 1. The Hall–Kier alpha value is -1.95. The van der Waals surface area contributed by atoms with Gasteiger partial charge in [-0.15, -0.1) is 0 Å². The normalized spacial score (nSPS) is 10.2. The van der Waals surface area contributed by atoms with E-state index in [-0.39, 0.29) is 0 Å². The molecule has 0 amide bonds. The molecule has 0 fully saturated rings. The number of aromatic nitrogens is 1. The maximum Gasteiger partial charge on any atom is 0.239 e. The molecule has 21 heavy (non-hydrogen) atoms. The van der Waals surface area contributed by atoms with Gasteiger partial charge in [-0.2, -0.15) is 4.98 Å². The van der Waals surface area contributed by atoms with Crippen molar-refractivity contribution in [2.45, 2.75) is 13.3 Å². The van der Waals surface area contributed by atoms with Crippen LogP contribution in [0.1, 0.15) is 13.3 Å². The lowest BCUT2D eigenvalue weighted by Crippen LogP contribution is -2.03. The Morgan fingerprint density at radius 2 is 2.10 bits per heavy atom. The molecule has 0 saturated heterocycles. The van der Waals surface area contributed by atoms with Crippen molar-refractivity contribution in [1.82, 2.24) is 4.98 Å². The molecule has 3 N–H and O–H groups in total. The number of hydrogen-bond acceptors (Lipinski definition) is 5. The highest BCUT2D eigenvalue weighted by molar-refractivity contribution is 9.10. The Kier molecular flexibility index (Phi) is 5.27. The van der Waals surface area contributed by atoms with Gasteiger partial charge in [0.25, 0.3) is 0 Å². The summed E-state index contributed by atoms with van der Waals surface area (Å²) < 4.78 is 11.6. The van der Waals surface area contributed by atoms with Gasteiger partial charge in [0.2, 0.25) is 5.88 Å². The zero-order chi connectivity index (χ0) is 15.2. The highest BCUT2D eigenvalue weighted by atomic mass is 79.9. The molecule has 0 aliphatic rings. The zero-order valence-corrected chi connectivity index (χ0v) is 13.6. The highest BCUT2D eigenvalue weighted by Crippen LogP contribution is 2.30. The smallest absolute Gasteiger partial charge is 0.239 e. The van der Waals surface area contributed by atoms with Crippen LogP contribution in [-0.4, -0.2) is 18.7 Å². The molecule has 112 valence electrons. The van der Waals surface area contributed by atoms with Gasteiger partial charge in [0, 0.05) is 5.69 Å². The molecule has 2 aromatic rings. The number of nitrogen functional groups attached to an aromatic ring is 1. The van der Waals surface area contributed by atoms with Crippen LogP contribution in [-0.2, 0) is 0 Å². The SMILES string of the molecule is CCCOc1nc(Nc2ccc(OC)c(Br)c2)ccc1N. The Bertz CT molecular complexity index is 620. The third kappa shape index (κ3) is 4.01. The molecule has 2 rings (SSSR count). The van der Waals surface area contributed by atoms with E-state index in [4.69, 9.17) is 15.2 Å². The Morgan fingerprint density at radius 1 is 1.29 bits per heavy atom. The van der Waals surface area contributed by atoms with Crippen LogP contribution in [0.15, 0.2) is 34.8 Å². The maximum atomic E-state index is 5.85. The van der Waals surface area contributed by atoms with Crippen molar-refractivity contribution < 1.29 is 9.47 Å². The van der Waals surface area contributed by atoms with E-state index in [0.29, 0.717) is 24.0 Å². The first-order valence-electron chi connectivity index (χ1n) is 6.64. The first kappa shape index (κ1) is 15.4. The van der Waals surface area contributed by atoms with Crippen LogP contribution in [0.3, 0.4) is 0 Å². The summed E-state index contributed by atoms with van der Waals surface area (Å²) in [6.45, 7) is 2.63. The average molecular weight is 352 g/mol. The molecule has 1 aromatic heterocycles. The van der Waals surface area contributed by atoms with Gasteiger partial charge in [-0.3, -0.25) is 0 Å². The number of nitrogens with zero attached hydrogens (tertiary/aromatic N) is 1. The van der Waals surface area contributed by atoms with Gasteiger partial charge in [-0.05, 0) is 52.7 Å². The van der Waals surface area contributed by atoms with Gasteiger partial charge in [0.1, 0.15) is 11.6 Å². The first-order chi connectivity index (χ1) is 10.1. The number of pyridine rings is 1. The minimum absolute atomic E-state index is 0.453. The summed E-state index contributed by atoms with van der Waals surface area (Å²) in [5, 5.41) is 3.21. The fraction of sp³-hybridized carbons (Fsp3) is 0.267. The summed E-state index contributed by atoms with van der Waals surface area (Å²) >= 11 is 3.45. The zero-order valence-electron chi connectivity index (χ0n) is 12.0. The van der Waals surface area contributed by atoms with E-state index >= 15 is 0 Å². The summed E-state index contributed by atoms with van der Waals surface area (Å²) in [4.78, 5) is 4.37. The molecule has 0 bridgehead atoms. The second-order valence-electron chi connectivity index (χ2n) is 4.41. The van der Waals surface area contributed by atoms with E-state index < -0.39 is 0 Å². The topological polar surface area (TPSA) is 69.4 Å². The molecular weight excluding hydrogens is 334 g/mol. The number of hydrogen-bond donors (Lipinski definition) is 2. The van der Waals surface area contributed by atoms with E-state index in [1.54, 1.807) is 13.2 Å². The van der Waals surface area contributed by atoms with Gasteiger partial charge >= 0.3 is 0 Å². The van der Waals surface area contributed by atoms with Crippen molar-refractivity contribution in [2.24, 2.45) is 0 Å². The average Bonchev–Trinajstić information content (AvgIpc) is 2.48. The third-order valence-corrected chi connectivity index (χ3v) is 3.38. The van der Waals surface area contributed by atoms with Crippen LogP contribution in [0.25, 0.3) is 0 Å². The van der Waals surface area contributed by atoms with Crippen molar-refractivity contribution in [1.29, 1.82) is 0 Å². The van der Waals surface area contributed by atoms with Crippen molar-refractivity contribution in [3.05, 3.63) is 34.8 Å². The van der Waals surface area contributed by atoms with E-state index in [1.807, 2.05) is 31.2 Å². The highest BCUT2D eigenvalue weighted by Gasteiger charge is 2.06. The van der Waals surface area contributed by atoms with Gasteiger partial charge in [-0.25, -0.2) is 0 Å². The second-order valence-corrected chi connectivity index (χ2v) is 5.27. The molecule has 1 aromatic carbocycles. The van der Waals surface area contributed by atoms with Crippen LogP contribution < -0.4 is 20.5 Å². The van der Waals surface area contributed by atoms with Crippen LogP contribution in [0.5, 0.6) is 11.6 Å². The fourth-order valence-electron chi connectivity index (χ4n) is 1.73. The van der Waals surface area contributed by atoms with Gasteiger partial charge in [0.05, 0.1) is 23.9 Å². The molecule has 5 nitrogen and oxygen atoms in total.